The van der Waals surface area contributed by atoms with Crippen molar-refractivity contribution in [3.05, 3.63) is 29.3 Å². The summed E-state index contributed by atoms with van der Waals surface area (Å²) >= 11 is 0. The highest BCUT2D eigenvalue weighted by Crippen LogP contribution is 2.21. The van der Waals surface area contributed by atoms with E-state index in [2.05, 4.69) is 0 Å². The van der Waals surface area contributed by atoms with E-state index >= 15 is 0 Å². The van der Waals surface area contributed by atoms with Crippen molar-refractivity contribution >= 4 is 21.7 Å². The average molecular weight is 278 g/mol. The molecule has 0 radical (unpaired) electrons. The van der Waals surface area contributed by atoms with Crippen molar-refractivity contribution in [2.24, 2.45) is 0 Å². The van der Waals surface area contributed by atoms with Crippen LogP contribution in [-0.2, 0) is 10.0 Å². The molecule has 0 saturated carbocycles. The predicted molar refractivity (Wildman–Crippen MR) is 58.4 cm³/mol. The Kier molecular flexibility index (Phi) is 4.23. The predicted octanol–water partition coefficient (Wildman–Crippen LogP) is 0.480. The summed E-state index contributed by atoms with van der Waals surface area (Å²) in [6.45, 7) is 1.60. The lowest BCUT2D eigenvalue weighted by atomic mass is 10.2. The highest BCUT2D eigenvalue weighted by molar-refractivity contribution is 7.92. The summed E-state index contributed by atoms with van der Waals surface area (Å²) in [4.78, 5) is 10.5. The molecule has 0 heterocycles. The van der Waals surface area contributed by atoms with Gasteiger partial charge in [0.2, 0.25) is 10.0 Å². The molecule has 5 nitrogen and oxygen atoms in total. The van der Waals surface area contributed by atoms with Gasteiger partial charge < -0.3 is 9.90 Å². The van der Waals surface area contributed by atoms with Gasteiger partial charge in [-0.05, 0) is 18.6 Å². The minimum absolute atomic E-state index is 0.259. The monoisotopic (exact) mass is 278 g/mol. The molecular formula is C10H10F2NO4S-. The Hall–Kier alpha value is -1.70. The van der Waals surface area contributed by atoms with E-state index in [-0.39, 0.29) is 5.75 Å². The molecule has 0 aromatic heterocycles. The SMILES string of the molecule is CCCS(=O)(=O)Nc1ccc(F)c(C(=O)[O-])c1F. The summed E-state index contributed by atoms with van der Waals surface area (Å²) in [7, 11) is -3.79. The molecule has 0 bridgehead atoms. The molecule has 1 N–H and O–H groups in total. The molecule has 0 aliphatic heterocycles. The van der Waals surface area contributed by atoms with E-state index in [0.29, 0.717) is 12.5 Å². The number of nitrogens with one attached hydrogen (secondary N) is 1. The first kappa shape index (κ1) is 14.4. The van der Waals surface area contributed by atoms with Gasteiger partial charge in [-0.3, -0.25) is 4.72 Å². The van der Waals surface area contributed by atoms with Crippen molar-refractivity contribution in [3.8, 4) is 0 Å². The molecule has 0 aliphatic carbocycles. The number of carbonyl (C=O) groups excluding carboxylic acids is 1. The summed E-state index contributed by atoms with van der Waals surface area (Å²) in [5.74, 6) is -5.15. The van der Waals surface area contributed by atoms with Crippen molar-refractivity contribution in [2.45, 2.75) is 13.3 Å². The third-order valence-electron chi connectivity index (χ3n) is 2.03. The van der Waals surface area contributed by atoms with Crippen molar-refractivity contribution in [1.29, 1.82) is 0 Å². The first-order valence-electron chi connectivity index (χ1n) is 4.98. The minimum Gasteiger partial charge on any atom is -0.545 e. The fraction of sp³-hybridized carbons (Fsp3) is 0.300. The van der Waals surface area contributed by atoms with Gasteiger partial charge in [0.1, 0.15) is 5.82 Å². The molecule has 18 heavy (non-hydrogen) atoms. The largest absolute Gasteiger partial charge is 0.545 e. The van der Waals surface area contributed by atoms with Gasteiger partial charge in [-0.2, -0.15) is 0 Å². The smallest absolute Gasteiger partial charge is 0.232 e. The van der Waals surface area contributed by atoms with E-state index in [4.69, 9.17) is 0 Å². The van der Waals surface area contributed by atoms with Crippen LogP contribution in [0.4, 0.5) is 14.5 Å². The Morgan fingerprint density at radius 2 is 2.00 bits per heavy atom. The maximum atomic E-state index is 13.6. The molecule has 1 aromatic carbocycles. The fourth-order valence-corrected chi connectivity index (χ4v) is 2.44. The Balaban J connectivity index is 3.21. The Labute approximate surface area is 102 Å². The number of halogens is 2. The van der Waals surface area contributed by atoms with Crippen LogP contribution in [-0.4, -0.2) is 20.1 Å². The molecule has 0 atom stereocenters. The normalized spacial score (nSPS) is 11.3. The van der Waals surface area contributed by atoms with Crippen LogP contribution in [0.5, 0.6) is 0 Å². The van der Waals surface area contributed by atoms with Gasteiger partial charge in [-0.25, -0.2) is 17.2 Å². The van der Waals surface area contributed by atoms with Gasteiger partial charge in [0, 0.05) is 0 Å². The second-order valence-corrected chi connectivity index (χ2v) is 5.33. The van der Waals surface area contributed by atoms with Crippen LogP contribution in [0, 0.1) is 11.6 Å². The van der Waals surface area contributed by atoms with Gasteiger partial charge in [-0.15, -0.1) is 0 Å². The van der Waals surface area contributed by atoms with Crippen molar-refractivity contribution in [1.82, 2.24) is 0 Å². The molecule has 0 aliphatic rings. The Morgan fingerprint density at radius 1 is 1.39 bits per heavy atom. The number of rotatable bonds is 5. The van der Waals surface area contributed by atoms with E-state index < -0.39 is 38.9 Å². The van der Waals surface area contributed by atoms with Gasteiger partial charge >= 0.3 is 0 Å². The lowest BCUT2D eigenvalue weighted by Crippen LogP contribution is -2.26. The van der Waals surface area contributed by atoms with Crippen LogP contribution in [0.1, 0.15) is 23.7 Å². The van der Waals surface area contributed by atoms with Gasteiger partial charge in [0.25, 0.3) is 0 Å². The number of carboxylic acids is 1. The topological polar surface area (TPSA) is 86.3 Å². The molecule has 0 spiro atoms. The molecule has 0 amide bonds. The number of benzene rings is 1. The van der Waals surface area contributed by atoms with Crippen molar-refractivity contribution < 1.29 is 27.1 Å². The third kappa shape index (κ3) is 3.16. The van der Waals surface area contributed by atoms with E-state index in [1.807, 2.05) is 4.72 Å². The first-order chi connectivity index (χ1) is 8.28. The van der Waals surface area contributed by atoms with Gasteiger partial charge in [-0.1, -0.05) is 6.92 Å². The summed E-state index contributed by atoms with van der Waals surface area (Å²) in [6.07, 6.45) is 0.297. The van der Waals surface area contributed by atoms with E-state index in [0.717, 1.165) is 6.07 Å². The van der Waals surface area contributed by atoms with Crippen LogP contribution < -0.4 is 9.83 Å². The second kappa shape index (κ2) is 5.30. The number of anilines is 1. The fourth-order valence-electron chi connectivity index (χ4n) is 1.31. The average Bonchev–Trinajstić information content (AvgIpc) is 2.21. The lowest BCUT2D eigenvalue weighted by molar-refractivity contribution is -0.255. The Morgan fingerprint density at radius 3 is 2.50 bits per heavy atom. The van der Waals surface area contributed by atoms with Crippen LogP contribution in [0.25, 0.3) is 0 Å². The first-order valence-corrected chi connectivity index (χ1v) is 6.63. The zero-order chi connectivity index (χ0) is 13.9. The van der Waals surface area contributed by atoms with Gasteiger partial charge in [0.15, 0.2) is 5.82 Å². The van der Waals surface area contributed by atoms with Crippen LogP contribution >= 0.6 is 0 Å². The molecule has 1 aromatic rings. The number of hydrogen-bond donors (Lipinski definition) is 1. The Bertz CT molecular complexity index is 571. The van der Waals surface area contributed by atoms with Crippen molar-refractivity contribution in [3.63, 3.8) is 0 Å². The number of hydrogen-bond acceptors (Lipinski definition) is 4. The summed E-state index contributed by atoms with van der Waals surface area (Å²) < 4.78 is 51.2. The molecule has 1 rings (SSSR count). The van der Waals surface area contributed by atoms with Crippen LogP contribution in [0.15, 0.2) is 12.1 Å². The standard InChI is InChI=1S/C10H11F2NO4S/c1-2-5-18(16,17)13-7-4-3-6(11)8(9(7)12)10(14)15/h3-4,13H,2,5H2,1H3,(H,14,15)/p-1. The third-order valence-corrected chi connectivity index (χ3v) is 3.51. The van der Waals surface area contributed by atoms with Crippen molar-refractivity contribution in [2.75, 3.05) is 10.5 Å². The molecule has 100 valence electrons. The van der Waals surface area contributed by atoms with E-state index in [9.17, 15) is 27.1 Å². The van der Waals surface area contributed by atoms with Crippen LogP contribution in [0.2, 0.25) is 0 Å². The summed E-state index contributed by atoms with van der Waals surface area (Å²) in [6, 6.07) is 1.46. The molecular weight excluding hydrogens is 268 g/mol. The lowest BCUT2D eigenvalue weighted by Gasteiger charge is -2.12. The molecule has 0 saturated heterocycles. The molecule has 0 fully saturated rings. The van der Waals surface area contributed by atoms with E-state index in [1.165, 1.54) is 0 Å². The van der Waals surface area contributed by atoms with Gasteiger partial charge in [0.05, 0.1) is 23.0 Å². The second-order valence-electron chi connectivity index (χ2n) is 3.49. The summed E-state index contributed by atoms with van der Waals surface area (Å²) in [5, 5.41) is 10.5. The summed E-state index contributed by atoms with van der Waals surface area (Å²) in [5.41, 5.74) is -1.92. The molecule has 0 unspecified atom stereocenters. The zero-order valence-electron chi connectivity index (χ0n) is 9.37. The number of carboxylic acid groups (broad SMARTS) is 1. The van der Waals surface area contributed by atoms with Crippen LogP contribution in [0.3, 0.4) is 0 Å². The maximum Gasteiger partial charge on any atom is 0.232 e. The highest BCUT2D eigenvalue weighted by Gasteiger charge is 2.18. The quantitative estimate of drug-likeness (QED) is 0.848. The highest BCUT2D eigenvalue weighted by atomic mass is 32.2. The maximum absolute atomic E-state index is 13.6. The number of carbonyl (C=O) groups is 1. The minimum atomic E-state index is -3.79. The number of sulfonamides is 1. The zero-order valence-corrected chi connectivity index (χ0v) is 10.2. The number of aromatic carboxylic acids is 1. The van der Waals surface area contributed by atoms with E-state index in [1.54, 1.807) is 6.92 Å². The molecule has 8 heteroatoms.